The largest absolute Gasteiger partial charge is 0.465 e. The molecule has 26 heavy (non-hydrogen) atoms. The van der Waals surface area contributed by atoms with Crippen LogP contribution in [0.2, 0.25) is 0 Å². The number of carbonyl (C=O) groups excluding carboxylic acids is 3. The molecule has 8 heteroatoms. The van der Waals surface area contributed by atoms with Gasteiger partial charge in [0, 0.05) is 10.9 Å². The van der Waals surface area contributed by atoms with Crippen molar-refractivity contribution in [2.45, 2.75) is 44.6 Å². The summed E-state index contributed by atoms with van der Waals surface area (Å²) in [4.78, 5) is 38.4. The molecule has 1 saturated carbocycles. The van der Waals surface area contributed by atoms with Gasteiger partial charge in [-0.05, 0) is 44.1 Å². The predicted molar refractivity (Wildman–Crippen MR) is 98.7 cm³/mol. The molecule has 0 aromatic carbocycles. The van der Waals surface area contributed by atoms with Crippen LogP contribution in [0.3, 0.4) is 0 Å². The van der Waals surface area contributed by atoms with Gasteiger partial charge in [-0.15, -0.1) is 11.3 Å². The standard InChI is InChI=1S/C18H25N3O4S/c1-21(9-14(22)19-11-7-8-11)10-15(23)20-17-16(18(24)25-2)12-5-3-4-6-13(12)26-17/h11H,3-10H2,1-2H3,(H,19,22)(H,20,23)/p+1. The van der Waals surface area contributed by atoms with Crippen LogP contribution in [0, 0.1) is 0 Å². The van der Waals surface area contributed by atoms with Crippen molar-refractivity contribution in [3.8, 4) is 0 Å². The monoisotopic (exact) mass is 380 g/mol. The minimum Gasteiger partial charge on any atom is -0.465 e. The van der Waals surface area contributed by atoms with Gasteiger partial charge < -0.3 is 20.3 Å². The van der Waals surface area contributed by atoms with Gasteiger partial charge in [-0.1, -0.05) is 0 Å². The first-order valence-corrected chi connectivity index (χ1v) is 9.93. The Hall–Kier alpha value is -1.93. The summed E-state index contributed by atoms with van der Waals surface area (Å²) in [6.45, 7) is 0.427. The zero-order valence-electron chi connectivity index (χ0n) is 15.3. The summed E-state index contributed by atoms with van der Waals surface area (Å²) in [5.74, 6) is -0.630. The molecule has 1 unspecified atom stereocenters. The van der Waals surface area contributed by atoms with E-state index in [-0.39, 0.29) is 24.9 Å². The molecule has 0 saturated heterocycles. The number of fused-ring (bicyclic) bond motifs is 1. The Morgan fingerprint density at radius 1 is 1.15 bits per heavy atom. The summed E-state index contributed by atoms with van der Waals surface area (Å²) in [5.41, 5.74) is 1.53. The third-order valence-corrected chi connectivity index (χ3v) is 5.89. The highest BCUT2D eigenvalue weighted by Gasteiger charge is 2.28. The van der Waals surface area contributed by atoms with Crippen LogP contribution < -0.4 is 15.5 Å². The van der Waals surface area contributed by atoms with Gasteiger partial charge in [0.15, 0.2) is 13.1 Å². The second-order valence-electron chi connectivity index (χ2n) is 7.11. The van der Waals surface area contributed by atoms with Gasteiger partial charge in [0.25, 0.3) is 11.8 Å². The first-order chi connectivity index (χ1) is 12.5. The number of quaternary nitrogens is 1. The van der Waals surface area contributed by atoms with E-state index in [2.05, 4.69) is 10.6 Å². The van der Waals surface area contributed by atoms with Crippen molar-refractivity contribution >= 4 is 34.1 Å². The molecule has 7 nitrogen and oxygen atoms in total. The smallest absolute Gasteiger partial charge is 0.341 e. The maximum Gasteiger partial charge on any atom is 0.341 e. The molecule has 0 aliphatic heterocycles. The van der Waals surface area contributed by atoms with Crippen LogP contribution in [-0.2, 0) is 27.2 Å². The van der Waals surface area contributed by atoms with Crippen molar-refractivity contribution in [1.82, 2.24) is 5.32 Å². The summed E-state index contributed by atoms with van der Waals surface area (Å²) in [6, 6.07) is 0.323. The molecule has 0 radical (unpaired) electrons. The number of amides is 2. The molecule has 3 rings (SSSR count). The van der Waals surface area contributed by atoms with E-state index in [1.54, 1.807) is 0 Å². The normalized spacial score (nSPS) is 17.2. The Bertz CT molecular complexity index is 712. The Kier molecular flexibility index (Phi) is 5.93. The lowest BCUT2D eigenvalue weighted by atomic mass is 9.95. The number of thiophene rings is 1. The Morgan fingerprint density at radius 3 is 2.54 bits per heavy atom. The second kappa shape index (κ2) is 8.18. The van der Waals surface area contributed by atoms with E-state index >= 15 is 0 Å². The highest BCUT2D eigenvalue weighted by atomic mass is 32.1. The number of aryl methyl sites for hydroxylation is 1. The first-order valence-electron chi connectivity index (χ1n) is 9.11. The van der Waals surface area contributed by atoms with Gasteiger partial charge in [-0.3, -0.25) is 9.59 Å². The number of rotatable bonds is 7. The molecule has 1 aromatic heterocycles. The van der Waals surface area contributed by atoms with Crippen LogP contribution in [0.4, 0.5) is 5.00 Å². The molecular formula is C18H26N3O4S+. The van der Waals surface area contributed by atoms with E-state index in [1.165, 1.54) is 18.4 Å². The lowest BCUT2D eigenvalue weighted by molar-refractivity contribution is -0.862. The van der Waals surface area contributed by atoms with Crippen LogP contribution in [0.15, 0.2) is 0 Å². The fourth-order valence-corrected chi connectivity index (χ4v) is 4.55. The second-order valence-corrected chi connectivity index (χ2v) is 8.21. The van der Waals surface area contributed by atoms with Crippen molar-refractivity contribution in [3.05, 3.63) is 16.0 Å². The summed E-state index contributed by atoms with van der Waals surface area (Å²) < 4.78 is 4.92. The summed E-state index contributed by atoms with van der Waals surface area (Å²) in [7, 11) is 3.17. The number of nitrogens with one attached hydrogen (secondary N) is 3. The van der Waals surface area contributed by atoms with E-state index in [0.29, 0.717) is 16.6 Å². The highest BCUT2D eigenvalue weighted by Crippen LogP contribution is 2.38. The number of anilines is 1. The fourth-order valence-electron chi connectivity index (χ4n) is 3.26. The van der Waals surface area contributed by atoms with Gasteiger partial charge in [0.1, 0.15) is 5.00 Å². The molecule has 1 heterocycles. The van der Waals surface area contributed by atoms with E-state index in [4.69, 9.17) is 4.74 Å². The molecule has 2 aliphatic rings. The summed E-state index contributed by atoms with van der Waals surface area (Å²) >= 11 is 1.47. The molecular weight excluding hydrogens is 354 g/mol. The van der Waals surface area contributed by atoms with Crippen LogP contribution in [0.1, 0.15) is 46.5 Å². The van der Waals surface area contributed by atoms with Crippen molar-refractivity contribution in [1.29, 1.82) is 0 Å². The van der Waals surface area contributed by atoms with Gasteiger partial charge in [0.2, 0.25) is 0 Å². The molecule has 0 spiro atoms. The molecule has 1 atom stereocenters. The lowest BCUT2D eigenvalue weighted by Gasteiger charge is -2.14. The quantitative estimate of drug-likeness (QED) is 0.588. The number of ether oxygens (including phenoxy) is 1. The maximum absolute atomic E-state index is 12.4. The molecule has 1 aromatic rings. The summed E-state index contributed by atoms with van der Waals surface area (Å²) in [6.07, 6.45) is 6.02. The van der Waals surface area contributed by atoms with Crippen LogP contribution in [-0.4, -0.2) is 51.1 Å². The number of carbonyl (C=O) groups is 3. The number of esters is 1. The number of likely N-dealkylation sites (N-methyl/N-ethyl adjacent to an activating group) is 1. The Morgan fingerprint density at radius 2 is 1.85 bits per heavy atom. The molecule has 1 fully saturated rings. The zero-order chi connectivity index (χ0) is 18.7. The maximum atomic E-state index is 12.4. The highest BCUT2D eigenvalue weighted by molar-refractivity contribution is 7.17. The van der Waals surface area contributed by atoms with Crippen molar-refractivity contribution in [3.63, 3.8) is 0 Å². The topological polar surface area (TPSA) is 88.9 Å². The SMILES string of the molecule is COC(=O)c1c(NC(=O)C[NH+](C)CC(=O)NC2CC2)sc2c1CCCC2. The van der Waals surface area contributed by atoms with E-state index < -0.39 is 5.97 Å². The van der Waals surface area contributed by atoms with Gasteiger partial charge in [-0.2, -0.15) is 0 Å². The van der Waals surface area contributed by atoms with Gasteiger partial charge in [-0.25, -0.2) is 4.79 Å². The minimum absolute atomic E-state index is 0.0281. The molecule has 0 bridgehead atoms. The van der Waals surface area contributed by atoms with Crippen LogP contribution >= 0.6 is 11.3 Å². The van der Waals surface area contributed by atoms with Crippen LogP contribution in [0.5, 0.6) is 0 Å². The van der Waals surface area contributed by atoms with E-state index in [1.807, 2.05) is 7.05 Å². The number of hydrogen-bond acceptors (Lipinski definition) is 5. The lowest BCUT2D eigenvalue weighted by Crippen LogP contribution is -3.11. The molecule has 2 amide bonds. The van der Waals surface area contributed by atoms with Crippen molar-refractivity contribution in [2.75, 3.05) is 32.6 Å². The van der Waals surface area contributed by atoms with Crippen LogP contribution in [0.25, 0.3) is 0 Å². The zero-order valence-corrected chi connectivity index (χ0v) is 16.1. The third-order valence-electron chi connectivity index (χ3n) is 4.68. The molecule has 2 aliphatic carbocycles. The van der Waals surface area contributed by atoms with Crippen molar-refractivity contribution < 1.29 is 24.0 Å². The minimum atomic E-state index is -0.399. The number of methoxy groups -OCH3 is 1. The Balaban J connectivity index is 1.62. The van der Waals surface area contributed by atoms with Gasteiger partial charge in [0.05, 0.1) is 19.7 Å². The predicted octanol–water partition coefficient (Wildman–Crippen LogP) is 0.145. The molecule has 142 valence electrons. The average molecular weight is 380 g/mol. The average Bonchev–Trinajstić information content (AvgIpc) is 3.32. The number of hydrogen-bond donors (Lipinski definition) is 3. The first kappa shape index (κ1) is 18.8. The van der Waals surface area contributed by atoms with Crippen molar-refractivity contribution in [2.24, 2.45) is 0 Å². The molecule has 3 N–H and O–H groups in total. The van der Waals surface area contributed by atoms with Gasteiger partial charge >= 0.3 is 5.97 Å². The van der Waals surface area contributed by atoms with E-state index in [9.17, 15) is 14.4 Å². The van der Waals surface area contributed by atoms with E-state index in [0.717, 1.165) is 53.9 Å². The fraction of sp³-hybridized carbons (Fsp3) is 0.611. The summed E-state index contributed by atoms with van der Waals surface area (Å²) in [5, 5.41) is 6.36. The Labute approximate surface area is 157 Å². The third kappa shape index (κ3) is 4.62.